The number of halogens is 1. The maximum Gasteiger partial charge on any atom is 0.240 e. The van der Waals surface area contributed by atoms with Crippen LogP contribution in [0, 0.1) is 0 Å². The third-order valence-corrected chi connectivity index (χ3v) is 8.69. The van der Waals surface area contributed by atoms with Gasteiger partial charge in [-0.1, -0.05) is 17.7 Å². The Morgan fingerprint density at radius 2 is 1.72 bits per heavy atom. The lowest BCUT2D eigenvalue weighted by molar-refractivity contribution is -0.0547. The second-order valence-electron chi connectivity index (χ2n) is 9.02. The second kappa shape index (κ2) is 12.5. The Morgan fingerprint density at radius 1 is 1.05 bits per heavy atom. The molecule has 1 aliphatic carbocycles. The van der Waals surface area contributed by atoms with Crippen LogP contribution in [-0.2, 0) is 24.2 Å². The molecule has 4 rings (SSSR count). The van der Waals surface area contributed by atoms with Gasteiger partial charge in [0.1, 0.15) is 17.0 Å². The van der Waals surface area contributed by atoms with E-state index in [-0.39, 0.29) is 24.0 Å². The Labute approximate surface area is 232 Å². The first-order valence-electron chi connectivity index (χ1n) is 12.3. The summed E-state index contributed by atoms with van der Waals surface area (Å²) in [6.45, 7) is 1.50. The number of hydrogen-bond donors (Lipinski definition) is 1. The number of pyridine rings is 1. The van der Waals surface area contributed by atoms with Crippen LogP contribution in [0.25, 0.3) is 11.5 Å². The summed E-state index contributed by atoms with van der Waals surface area (Å²) in [5, 5.41) is 7.78. The molecule has 1 saturated carbocycles. The molecule has 15 heteroatoms. The molecule has 39 heavy (non-hydrogen) atoms. The zero-order valence-corrected chi connectivity index (χ0v) is 23.9. The minimum absolute atomic E-state index is 0.00986. The smallest absolute Gasteiger partial charge is 0.240 e. The summed E-state index contributed by atoms with van der Waals surface area (Å²) in [4.78, 5) is 12.8. The Kier molecular flexibility index (Phi) is 9.33. The predicted molar refractivity (Wildman–Crippen MR) is 143 cm³/mol. The highest BCUT2D eigenvalue weighted by molar-refractivity contribution is 7.93. The first kappa shape index (κ1) is 29.1. The van der Waals surface area contributed by atoms with Crippen molar-refractivity contribution in [1.82, 2.24) is 29.7 Å². The van der Waals surface area contributed by atoms with Crippen LogP contribution >= 0.6 is 11.6 Å². The average molecular weight is 582 g/mol. The number of nitrogens with one attached hydrogen (secondary N) is 1. The molecular formula is C24H32ClN7O6S. The molecule has 13 nitrogen and oxygen atoms in total. The Morgan fingerprint density at radius 3 is 2.31 bits per heavy atom. The molecular weight excluding hydrogens is 550 g/mol. The van der Waals surface area contributed by atoms with Gasteiger partial charge in [0.2, 0.25) is 21.9 Å². The molecule has 3 aromatic heterocycles. The number of aromatic nitrogens is 6. The van der Waals surface area contributed by atoms with Gasteiger partial charge in [0, 0.05) is 39.8 Å². The molecule has 0 saturated heterocycles. The van der Waals surface area contributed by atoms with Gasteiger partial charge >= 0.3 is 0 Å². The van der Waals surface area contributed by atoms with Gasteiger partial charge in [0.15, 0.2) is 11.6 Å². The normalized spacial score (nSPS) is 21.3. The minimum atomic E-state index is -4.11. The van der Waals surface area contributed by atoms with E-state index in [1.54, 1.807) is 37.0 Å². The lowest BCUT2D eigenvalue weighted by atomic mass is 9.89. The minimum Gasteiger partial charge on any atom is -0.481 e. The van der Waals surface area contributed by atoms with Crippen molar-refractivity contribution in [2.45, 2.75) is 55.8 Å². The molecule has 1 aliphatic rings. The van der Waals surface area contributed by atoms with Crippen molar-refractivity contribution in [3.05, 3.63) is 41.4 Å². The van der Waals surface area contributed by atoms with Crippen LogP contribution in [0.1, 0.15) is 44.2 Å². The standard InChI is InChI=1S/C24H32ClN7O6S/c1-14(21(38-5)22-26-12-15(25)13-27-22)39(33,34)31-24-30-29-23(16-8-6-11-19(28-16)37-4)32(24)20-17(35-2)9-7-10-18(20)36-3/h6,8,11-14,17-18,20-21H,7,9-10H2,1-5H3,(H,30,31)/t14-,17-,18+,20?,21-/m0/s1. The van der Waals surface area contributed by atoms with Gasteiger partial charge in [-0.15, -0.1) is 10.2 Å². The lowest BCUT2D eigenvalue weighted by Gasteiger charge is -2.38. The van der Waals surface area contributed by atoms with E-state index in [2.05, 4.69) is 29.9 Å². The number of sulfonamides is 1. The first-order valence-corrected chi connectivity index (χ1v) is 14.2. The van der Waals surface area contributed by atoms with Crippen molar-refractivity contribution in [3.63, 3.8) is 0 Å². The highest BCUT2D eigenvalue weighted by atomic mass is 35.5. The van der Waals surface area contributed by atoms with Gasteiger partial charge < -0.3 is 18.9 Å². The highest BCUT2D eigenvalue weighted by Crippen LogP contribution is 2.38. The molecule has 3 aromatic rings. The average Bonchev–Trinajstić information content (AvgIpc) is 3.35. The summed E-state index contributed by atoms with van der Waals surface area (Å²) in [7, 11) is 2.02. The third kappa shape index (κ3) is 6.14. The van der Waals surface area contributed by atoms with Gasteiger partial charge in [0.05, 0.1) is 30.4 Å². The van der Waals surface area contributed by atoms with E-state index < -0.39 is 27.4 Å². The molecule has 0 aromatic carbocycles. The predicted octanol–water partition coefficient (Wildman–Crippen LogP) is 3.07. The van der Waals surface area contributed by atoms with Crippen LogP contribution in [0.2, 0.25) is 5.02 Å². The van der Waals surface area contributed by atoms with Gasteiger partial charge in [0.25, 0.3) is 0 Å². The maximum absolute atomic E-state index is 13.7. The fraction of sp³-hybridized carbons (Fsp3) is 0.542. The zero-order chi connectivity index (χ0) is 28.2. The van der Waals surface area contributed by atoms with E-state index in [1.807, 2.05) is 0 Å². The summed E-state index contributed by atoms with van der Waals surface area (Å²) in [6, 6.07) is 4.77. The third-order valence-electron chi connectivity index (χ3n) is 6.80. The van der Waals surface area contributed by atoms with Crippen molar-refractivity contribution in [3.8, 4) is 17.4 Å². The maximum atomic E-state index is 13.7. The van der Waals surface area contributed by atoms with E-state index in [9.17, 15) is 8.42 Å². The molecule has 1 N–H and O–H groups in total. The van der Waals surface area contributed by atoms with E-state index >= 15 is 0 Å². The number of anilines is 1. The number of nitrogens with zero attached hydrogens (tertiary/aromatic N) is 6. The Balaban J connectivity index is 1.78. The lowest BCUT2D eigenvalue weighted by Crippen LogP contribution is -2.41. The number of hydrogen-bond acceptors (Lipinski definition) is 11. The number of rotatable bonds is 11. The Bertz CT molecular complexity index is 1350. The van der Waals surface area contributed by atoms with Gasteiger partial charge in [-0.2, -0.15) is 0 Å². The summed E-state index contributed by atoms with van der Waals surface area (Å²) < 4.78 is 54.1. The van der Waals surface area contributed by atoms with Crippen molar-refractivity contribution in [2.75, 3.05) is 33.2 Å². The zero-order valence-electron chi connectivity index (χ0n) is 22.3. The van der Waals surface area contributed by atoms with Crippen molar-refractivity contribution < 1.29 is 27.4 Å². The van der Waals surface area contributed by atoms with Crippen LogP contribution in [0.4, 0.5) is 5.95 Å². The SMILES string of the molecule is COc1cccc(-c2nnc(NS(=O)(=O)[C@@H](C)[C@H](OC)c3ncc(Cl)cn3)n2C2[C@@H](OC)CCC[C@H]2OC)n1. The van der Waals surface area contributed by atoms with E-state index in [4.69, 9.17) is 30.5 Å². The molecule has 0 aliphatic heterocycles. The molecule has 5 atom stereocenters. The fourth-order valence-corrected chi connectivity index (χ4v) is 6.01. The molecule has 0 spiro atoms. The van der Waals surface area contributed by atoms with Crippen LogP contribution in [0.15, 0.2) is 30.6 Å². The summed E-state index contributed by atoms with van der Waals surface area (Å²) in [5.41, 5.74) is 0.444. The van der Waals surface area contributed by atoms with E-state index in [0.29, 0.717) is 22.4 Å². The van der Waals surface area contributed by atoms with Crippen LogP contribution < -0.4 is 9.46 Å². The summed E-state index contributed by atoms with van der Waals surface area (Å²) >= 11 is 5.90. The van der Waals surface area contributed by atoms with Gasteiger partial charge in [-0.3, -0.25) is 9.29 Å². The van der Waals surface area contributed by atoms with E-state index in [1.165, 1.54) is 33.5 Å². The quantitative estimate of drug-likeness (QED) is 0.355. The molecule has 0 radical (unpaired) electrons. The molecule has 0 amide bonds. The van der Waals surface area contributed by atoms with Crippen LogP contribution in [0.3, 0.4) is 0 Å². The molecule has 3 heterocycles. The van der Waals surface area contributed by atoms with Gasteiger partial charge in [-0.25, -0.2) is 23.4 Å². The molecule has 212 valence electrons. The number of methoxy groups -OCH3 is 4. The highest BCUT2D eigenvalue weighted by Gasteiger charge is 2.40. The fourth-order valence-electron chi connectivity index (χ4n) is 4.78. The summed E-state index contributed by atoms with van der Waals surface area (Å²) in [6.07, 6.45) is 3.56. The summed E-state index contributed by atoms with van der Waals surface area (Å²) in [5.74, 6) is 0.872. The second-order valence-corrected chi connectivity index (χ2v) is 11.5. The topological polar surface area (TPSA) is 152 Å². The van der Waals surface area contributed by atoms with Crippen molar-refractivity contribution >= 4 is 27.6 Å². The van der Waals surface area contributed by atoms with Crippen LogP contribution in [-0.4, -0.2) is 84.0 Å². The van der Waals surface area contributed by atoms with Gasteiger partial charge in [-0.05, 0) is 32.3 Å². The monoisotopic (exact) mass is 581 g/mol. The van der Waals surface area contributed by atoms with Crippen molar-refractivity contribution in [2.24, 2.45) is 0 Å². The van der Waals surface area contributed by atoms with E-state index in [0.717, 1.165) is 19.3 Å². The molecule has 1 fully saturated rings. The largest absolute Gasteiger partial charge is 0.481 e. The number of ether oxygens (including phenoxy) is 4. The Hall–Kier alpha value is -2.91. The van der Waals surface area contributed by atoms with Crippen molar-refractivity contribution in [1.29, 1.82) is 0 Å². The first-order chi connectivity index (χ1) is 18.7. The molecule has 0 bridgehead atoms. The van der Waals surface area contributed by atoms with Crippen LogP contribution in [0.5, 0.6) is 5.88 Å². The molecule has 1 unspecified atom stereocenters.